The number of nitrogen functional groups attached to an aromatic ring is 1. The number of hydrogen-bond acceptors (Lipinski definition) is 5. The molecule has 0 unspecified atom stereocenters. The van der Waals surface area contributed by atoms with Crippen LogP contribution in [-0.4, -0.2) is 38.7 Å². The Balaban J connectivity index is 2.48. The number of halogens is 4. The van der Waals surface area contributed by atoms with Crippen molar-refractivity contribution in [3.8, 4) is 0 Å². The zero-order valence-corrected chi connectivity index (χ0v) is 11.6. The van der Waals surface area contributed by atoms with E-state index in [1.54, 1.807) is 0 Å². The molecule has 6 nitrogen and oxygen atoms in total. The minimum atomic E-state index is -3.67. The van der Waals surface area contributed by atoms with Gasteiger partial charge >= 0.3 is 11.6 Å². The SMILES string of the molecule is Nc1nc(=O)n([C@@H]2O[C@H](CCl)[C@@H](O)C2(F)F)cc1Br. The highest BCUT2D eigenvalue weighted by atomic mass is 79.9. The number of alkyl halides is 3. The fourth-order valence-corrected chi connectivity index (χ4v) is 2.27. The van der Waals surface area contributed by atoms with E-state index in [9.17, 15) is 18.7 Å². The first kappa shape index (κ1) is 14.6. The molecule has 3 atom stereocenters. The van der Waals surface area contributed by atoms with Crippen LogP contribution in [-0.2, 0) is 4.74 Å². The predicted molar refractivity (Wildman–Crippen MR) is 66.2 cm³/mol. The van der Waals surface area contributed by atoms with Gasteiger partial charge in [0.05, 0.1) is 10.4 Å². The number of aromatic nitrogens is 2. The highest BCUT2D eigenvalue weighted by molar-refractivity contribution is 9.10. The van der Waals surface area contributed by atoms with E-state index >= 15 is 0 Å². The summed E-state index contributed by atoms with van der Waals surface area (Å²) in [5.41, 5.74) is 4.36. The first-order valence-electron chi connectivity index (χ1n) is 5.10. The molecule has 1 aromatic rings. The van der Waals surface area contributed by atoms with Crippen LogP contribution in [0.3, 0.4) is 0 Å². The molecular weight excluding hydrogens is 351 g/mol. The topological polar surface area (TPSA) is 90.4 Å². The second-order valence-electron chi connectivity index (χ2n) is 3.96. The van der Waals surface area contributed by atoms with Crippen LogP contribution in [0.4, 0.5) is 14.6 Å². The predicted octanol–water partition coefficient (Wildman–Crippen LogP) is 0.720. The van der Waals surface area contributed by atoms with Crippen LogP contribution in [0.5, 0.6) is 0 Å². The monoisotopic (exact) mass is 359 g/mol. The van der Waals surface area contributed by atoms with Crippen LogP contribution in [0.25, 0.3) is 0 Å². The Hall–Kier alpha value is -0.770. The van der Waals surface area contributed by atoms with Gasteiger partial charge in [-0.05, 0) is 15.9 Å². The Kier molecular flexibility index (Phi) is 3.83. The van der Waals surface area contributed by atoms with Gasteiger partial charge < -0.3 is 15.6 Å². The fourth-order valence-electron chi connectivity index (χ4n) is 1.72. The molecule has 1 saturated heterocycles. The van der Waals surface area contributed by atoms with Gasteiger partial charge in [-0.25, -0.2) is 4.79 Å². The number of anilines is 1. The van der Waals surface area contributed by atoms with Crippen LogP contribution < -0.4 is 11.4 Å². The second kappa shape index (κ2) is 4.97. The molecule has 0 spiro atoms. The van der Waals surface area contributed by atoms with Gasteiger partial charge in [-0.1, -0.05) is 0 Å². The lowest BCUT2D eigenvalue weighted by Gasteiger charge is -2.21. The van der Waals surface area contributed by atoms with E-state index in [0.29, 0.717) is 4.57 Å². The Morgan fingerprint density at radius 1 is 1.68 bits per heavy atom. The van der Waals surface area contributed by atoms with Crippen molar-refractivity contribution >= 4 is 33.3 Å². The molecule has 0 aromatic carbocycles. The van der Waals surface area contributed by atoms with E-state index in [1.165, 1.54) is 0 Å². The molecule has 1 aliphatic heterocycles. The minimum Gasteiger partial charge on any atom is -0.384 e. The summed E-state index contributed by atoms with van der Waals surface area (Å²) in [4.78, 5) is 15.0. The third-order valence-electron chi connectivity index (χ3n) is 2.72. The van der Waals surface area contributed by atoms with Crippen LogP contribution >= 0.6 is 27.5 Å². The molecule has 0 saturated carbocycles. The molecule has 0 amide bonds. The molecule has 2 rings (SSSR count). The maximum Gasteiger partial charge on any atom is 0.351 e. The summed E-state index contributed by atoms with van der Waals surface area (Å²) in [7, 11) is 0. The second-order valence-corrected chi connectivity index (χ2v) is 5.13. The summed E-state index contributed by atoms with van der Waals surface area (Å²) >= 11 is 8.40. The minimum absolute atomic E-state index is 0.128. The molecule has 1 aromatic heterocycles. The number of aliphatic hydroxyl groups excluding tert-OH is 1. The van der Waals surface area contributed by atoms with Gasteiger partial charge in [-0.2, -0.15) is 13.8 Å². The largest absolute Gasteiger partial charge is 0.384 e. The lowest BCUT2D eigenvalue weighted by Crippen LogP contribution is -2.41. The Bertz CT molecular complexity index is 556. The molecule has 2 heterocycles. The fraction of sp³-hybridized carbons (Fsp3) is 0.556. The quantitative estimate of drug-likeness (QED) is 0.759. The van der Waals surface area contributed by atoms with Crippen molar-refractivity contribution in [2.45, 2.75) is 24.4 Å². The lowest BCUT2D eigenvalue weighted by atomic mass is 10.1. The van der Waals surface area contributed by atoms with E-state index in [-0.39, 0.29) is 16.2 Å². The maximum absolute atomic E-state index is 13.9. The zero-order valence-electron chi connectivity index (χ0n) is 9.26. The van der Waals surface area contributed by atoms with E-state index < -0.39 is 30.0 Å². The third kappa shape index (κ3) is 2.35. The van der Waals surface area contributed by atoms with Gasteiger partial charge in [0.2, 0.25) is 6.23 Å². The summed E-state index contributed by atoms with van der Waals surface area (Å²) in [5, 5.41) is 9.43. The van der Waals surface area contributed by atoms with E-state index in [0.717, 1.165) is 6.20 Å². The molecule has 19 heavy (non-hydrogen) atoms. The Labute approximate surface area is 119 Å². The average Bonchev–Trinajstić information content (AvgIpc) is 2.56. The number of nitrogens with zero attached hydrogens (tertiary/aromatic N) is 2. The summed E-state index contributed by atoms with van der Waals surface area (Å²) in [6.45, 7) is 0. The molecule has 0 bridgehead atoms. The van der Waals surface area contributed by atoms with Crippen molar-refractivity contribution in [2.75, 3.05) is 11.6 Å². The molecule has 10 heteroatoms. The van der Waals surface area contributed by atoms with Crippen molar-refractivity contribution < 1.29 is 18.6 Å². The normalized spacial score (nSPS) is 29.6. The standard InChI is InChI=1S/C9H9BrClF2N3O3/c10-3-2-16(8(18)15-6(3)14)7-9(12,13)5(17)4(1-11)19-7/h2,4-5,7,17H,1H2,(H2,14,15,18)/t4-,5-,7-/m1/s1. The first-order chi connectivity index (χ1) is 8.78. The van der Waals surface area contributed by atoms with Gasteiger partial charge in [0.25, 0.3) is 0 Å². The number of hydrogen-bond donors (Lipinski definition) is 2. The third-order valence-corrected chi connectivity index (χ3v) is 3.63. The molecule has 0 aliphatic carbocycles. The molecular formula is C9H9BrClF2N3O3. The summed E-state index contributed by atoms with van der Waals surface area (Å²) in [5.74, 6) is -4.12. The molecule has 1 fully saturated rings. The van der Waals surface area contributed by atoms with Crippen LogP contribution in [0, 0.1) is 0 Å². The number of rotatable bonds is 2. The van der Waals surface area contributed by atoms with Gasteiger partial charge in [0.15, 0.2) is 0 Å². The number of aliphatic hydroxyl groups is 1. The summed E-state index contributed by atoms with van der Waals surface area (Å²) in [6.07, 6.45) is -4.32. The van der Waals surface area contributed by atoms with Crippen molar-refractivity contribution in [1.82, 2.24) is 9.55 Å². The van der Waals surface area contributed by atoms with Crippen molar-refractivity contribution in [2.24, 2.45) is 0 Å². The lowest BCUT2D eigenvalue weighted by molar-refractivity contribution is -0.140. The molecule has 1 aliphatic rings. The maximum atomic E-state index is 13.9. The zero-order chi connectivity index (χ0) is 14.4. The van der Waals surface area contributed by atoms with Crippen LogP contribution in [0.15, 0.2) is 15.5 Å². The average molecular weight is 361 g/mol. The van der Waals surface area contributed by atoms with Crippen LogP contribution in [0.2, 0.25) is 0 Å². The molecule has 106 valence electrons. The summed E-state index contributed by atoms with van der Waals surface area (Å²) < 4.78 is 33.4. The van der Waals surface area contributed by atoms with Crippen LogP contribution in [0.1, 0.15) is 6.23 Å². The smallest absolute Gasteiger partial charge is 0.351 e. The van der Waals surface area contributed by atoms with E-state index in [4.69, 9.17) is 22.1 Å². The highest BCUT2D eigenvalue weighted by Gasteiger charge is 2.59. The van der Waals surface area contributed by atoms with Crippen molar-refractivity contribution in [1.29, 1.82) is 0 Å². The summed E-state index contributed by atoms with van der Waals surface area (Å²) in [6, 6.07) is 0. The molecule has 0 radical (unpaired) electrons. The van der Waals surface area contributed by atoms with Crippen molar-refractivity contribution in [3.05, 3.63) is 21.2 Å². The van der Waals surface area contributed by atoms with E-state index in [1.807, 2.05) is 0 Å². The van der Waals surface area contributed by atoms with Gasteiger partial charge in [0, 0.05) is 6.20 Å². The van der Waals surface area contributed by atoms with E-state index in [2.05, 4.69) is 20.9 Å². The van der Waals surface area contributed by atoms with Gasteiger partial charge in [-0.3, -0.25) is 4.57 Å². The Morgan fingerprint density at radius 2 is 2.32 bits per heavy atom. The van der Waals surface area contributed by atoms with Crippen molar-refractivity contribution in [3.63, 3.8) is 0 Å². The number of nitrogens with two attached hydrogens (primary N) is 1. The van der Waals surface area contributed by atoms with Gasteiger partial charge in [-0.15, -0.1) is 11.6 Å². The number of ether oxygens (including phenoxy) is 1. The first-order valence-corrected chi connectivity index (χ1v) is 6.43. The molecule has 3 N–H and O–H groups in total. The Morgan fingerprint density at radius 3 is 2.84 bits per heavy atom. The van der Waals surface area contributed by atoms with Gasteiger partial charge in [0.1, 0.15) is 18.0 Å². The highest BCUT2D eigenvalue weighted by Crippen LogP contribution is 2.42.